The molecule has 1 amide bonds. The third-order valence-electron chi connectivity index (χ3n) is 4.79. The summed E-state index contributed by atoms with van der Waals surface area (Å²) in [6.07, 6.45) is 7.17. The maximum atomic E-state index is 12.5. The normalized spacial score (nSPS) is 29.9. The number of hydrogen-bond donors (Lipinski definition) is 1. The lowest BCUT2D eigenvalue weighted by molar-refractivity contribution is 0.0130. The minimum atomic E-state index is -0.410. The summed E-state index contributed by atoms with van der Waals surface area (Å²) in [6.45, 7) is 11.1. The van der Waals surface area contributed by atoms with Crippen molar-refractivity contribution in [2.45, 2.75) is 96.9 Å². The van der Waals surface area contributed by atoms with Gasteiger partial charge in [-0.2, -0.15) is 0 Å². The van der Waals surface area contributed by atoms with Gasteiger partial charge in [0.05, 0.1) is 0 Å². The van der Waals surface area contributed by atoms with Crippen molar-refractivity contribution in [1.29, 1.82) is 0 Å². The SMILES string of the molecule is CC(C)NC1CCCCC1C1CCCN1C(=O)OC(C)(C)C. The summed E-state index contributed by atoms with van der Waals surface area (Å²) in [7, 11) is 0. The van der Waals surface area contributed by atoms with Gasteiger partial charge in [-0.25, -0.2) is 4.79 Å². The second kappa shape index (κ2) is 7.20. The van der Waals surface area contributed by atoms with Crippen LogP contribution in [-0.2, 0) is 4.74 Å². The largest absolute Gasteiger partial charge is 0.444 e. The number of nitrogens with one attached hydrogen (secondary N) is 1. The first-order valence-corrected chi connectivity index (χ1v) is 9.03. The van der Waals surface area contributed by atoms with Crippen molar-refractivity contribution in [3.8, 4) is 0 Å². The highest BCUT2D eigenvalue weighted by Crippen LogP contribution is 2.35. The standard InChI is InChI=1S/C18H34N2O2/c1-13(2)19-15-10-7-6-9-14(15)16-11-8-12-20(16)17(21)22-18(3,4)5/h13-16,19H,6-12H2,1-5H3. The van der Waals surface area contributed by atoms with E-state index in [0.29, 0.717) is 24.0 Å². The van der Waals surface area contributed by atoms with Gasteiger partial charge in [0.25, 0.3) is 0 Å². The summed E-state index contributed by atoms with van der Waals surface area (Å²) in [6, 6.07) is 1.40. The number of amides is 1. The molecule has 2 fully saturated rings. The fourth-order valence-corrected chi connectivity index (χ4v) is 4.04. The average molecular weight is 310 g/mol. The van der Waals surface area contributed by atoms with Crippen LogP contribution in [0.1, 0.15) is 73.1 Å². The van der Waals surface area contributed by atoms with Gasteiger partial charge < -0.3 is 15.0 Å². The van der Waals surface area contributed by atoms with Crippen molar-refractivity contribution in [3.63, 3.8) is 0 Å². The Morgan fingerprint density at radius 2 is 1.82 bits per heavy atom. The molecule has 2 rings (SSSR count). The number of likely N-dealkylation sites (tertiary alicyclic amines) is 1. The molecule has 0 spiro atoms. The average Bonchev–Trinajstić information content (AvgIpc) is 2.85. The minimum absolute atomic E-state index is 0.121. The Hall–Kier alpha value is -0.770. The fourth-order valence-electron chi connectivity index (χ4n) is 4.04. The van der Waals surface area contributed by atoms with Crippen LogP contribution in [0.3, 0.4) is 0 Å². The molecule has 1 aliphatic heterocycles. The van der Waals surface area contributed by atoms with Crippen LogP contribution in [0, 0.1) is 5.92 Å². The Morgan fingerprint density at radius 1 is 1.14 bits per heavy atom. The van der Waals surface area contributed by atoms with E-state index in [1.54, 1.807) is 0 Å². The highest BCUT2D eigenvalue weighted by atomic mass is 16.6. The maximum Gasteiger partial charge on any atom is 0.410 e. The van der Waals surface area contributed by atoms with Gasteiger partial charge in [-0.1, -0.05) is 26.7 Å². The van der Waals surface area contributed by atoms with Crippen molar-refractivity contribution >= 4 is 6.09 Å². The first-order chi connectivity index (χ1) is 10.3. The summed E-state index contributed by atoms with van der Waals surface area (Å²) in [5, 5.41) is 3.74. The van der Waals surface area contributed by atoms with E-state index in [4.69, 9.17) is 4.74 Å². The predicted molar refractivity (Wildman–Crippen MR) is 90.0 cm³/mol. The fraction of sp³-hybridized carbons (Fsp3) is 0.944. The zero-order valence-electron chi connectivity index (χ0n) is 15.0. The molecule has 3 unspecified atom stereocenters. The molecular formula is C18H34N2O2. The molecule has 0 aromatic rings. The van der Waals surface area contributed by atoms with E-state index in [1.807, 2.05) is 25.7 Å². The predicted octanol–water partition coefficient (Wildman–Crippen LogP) is 3.94. The molecule has 0 aromatic heterocycles. The molecule has 1 aliphatic carbocycles. The van der Waals surface area contributed by atoms with Crippen LogP contribution in [0.25, 0.3) is 0 Å². The Morgan fingerprint density at radius 3 is 2.45 bits per heavy atom. The van der Waals surface area contributed by atoms with Gasteiger partial charge >= 0.3 is 6.09 Å². The third kappa shape index (κ3) is 4.61. The monoisotopic (exact) mass is 310 g/mol. The number of ether oxygens (including phenoxy) is 1. The van der Waals surface area contributed by atoms with Crippen LogP contribution in [0.15, 0.2) is 0 Å². The Balaban J connectivity index is 2.05. The van der Waals surface area contributed by atoms with E-state index in [9.17, 15) is 4.79 Å². The molecule has 1 saturated heterocycles. The van der Waals surface area contributed by atoms with Gasteiger partial charge in [-0.3, -0.25) is 0 Å². The molecule has 0 radical (unpaired) electrons. The van der Waals surface area contributed by atoms with Gasteiger partial charge in [0, 0.05) is 24.7 Å². The number of rotatable bonds is 3. The van der Waals surface area contributed by atoms with E-state index in [0.717, 1.165) is 19.4 Å². The van der Waals surface area contributed by atoms with Crippen LogP contribution in [-0.4, -0.2) is 41.3 Å². The molecular weight excluding hydrogens is 276 g/mol. The number of nitrogens with zero attached hydrogens (tertiary/aromatic N) is 1. The summed E-state index contributed by atoms with van der Waals surface area (Å²) < 4.78 is 5.63. The van der Waals surface area contributed by atoms with E-state index in [1.165, 1.54) is 25.7 Å². The first-order valence-electron chi connectivity index (χ1n) is 9.03. The van der Waals surface area contributed by atoms with Gasteiger partial charge in [0.2, 0.25) is 0 Å². The Bertz CT molecular complexity index is 376. The second-order valence-corrected chi connectivity index (χ2v) is 8.26. The summed E-state index contributed by atoms with van der Waals surface area (Å²) >= 11 is 0. The van der Waals surface area contributed by atoms with Crippen LogP contribution < -0.4 is 5.32 Å². The molecule has 1 heterocycles. The summed E-state index contributed by atoms with van der Waals surface area (Å²) in [5.74, 6) is 0.575. The third-order valence-corrected chi connectivity index (χ3v) is 4.79. The van der Waals surface area contributed by atoms with Crippen molar-refractivity contribution in [3.05, 3.63) is 0 Å². The molecule has 4 heteroatoms. The van der Waals surface area contributed by atoms with Gasteiger partial charge in [0.1, 0.15) is 5.60 Å². The molecule has 4 nitrogen and oxygen atoms in total. The summed E-state index contributed by atoms with van der Waals surface area (Å²) in [5.41, 5.74) is -0.410. The lowest BCUT2D eigenvalue weighted by atomic mass is 9.78. The van der Waals surface area contributed by atoms with E-state index in [2.05, 4.69) is 19.2 Å². The molecule has 3 atom stereocenters. The lowest BCUT2D eigenvalue weighted by Crippen LogP contribution is -2.51. The number of carbonyl (C=O) groups excluding carboxylic acids is 1. The lowest BCUT2D eigenvalue weighted by Gasteiger charge is -2.41. The van der Waals surface area contributed by atoms with E-state index >= 15 is 0 Å². The molecule has 1 saturated carbocycles. The zero-order chi connectivity index (χ0) is 16.3. The van der Waals surface area contributed by atoms with Gasteiger partial charge in [-0.05, 0) is 52.4 Å². The van der Waals surface area contributed by atoms with Crippen LogP contribution >= 0.6 is 0 Å². The molecule has 0 bridgehead atoms. The Kier molecular flexibility index (Phi) is 5.76. The van der Waals surface area contributed by atoms with Gasteiger partial charge in [-0.15, -0.1) is 0 Å². The highest BCUT2D eigenvalue weighted by molar-refractivity contribution is 5.69. The van der Waals surface area contributed by atoms with Crippen molar-refractivity contribution in [2.24, 2.45) is 5.92 Å². The van der Waals surface area contributed by atoms with E-state index < -0.39 is 5.60 Å². The quantitative estimate of drug-likeness (QED) is 0.858. The van der Waals surface area contributed by atoms with Crippen molar-refractivity contribution in [1.82, 2.24) is 10.2 Å². The molecule has 22 heavy (non-hydrogen) atoms. The second-order valence-electron chi connectivity index (χ2n) is 8.26. The topological polar surface area (TPSA) is 41.6 Å². The maximum absolute atomic E-state index is 12.5. The molecule has 2 aliphatic rings. The van der Waals surface area contributed by atoms with Gasteiger partial charge in [0.15, 0.2) is 0 Å². The van der Waals surface area contributed by atoms with Crippen LogP contribution in [0.2, 0.25) is 0 Å². The highest BCUT2D eigenvalue weighted by Gasteiger charge is 2.40. The van der Waals surface area contributed by atoms with Crippen molar-refractivity contribution < 1.29 is 9.53 Å². The molecule has 128 valence electrons. The smallest absolute Gasteiger partial charge is 0.410 e. The minimum Gasteiger partial charge on any atom is -0.444 e. The molecule has 0 aromatic carbocycles. The van der Waals surface area contributed by atoms with Crippen molar-refractivity contribution in [2.75, 3.05) is 6.54 Å². The van der Waals surface area contributed by atoms with Crippen LogP contribution in [0.5, 0.6) is 0 Å². The van der Waals surface area contributed by atoms with E-state index in [-0.39, 0.29) is 6.09 Å². The van der Waals surface area contributed by atoms with Crippen LogP contribution in [0.4, 0.5) is 4.79 Å². The number of hydrogen-bond acceptors (Lipinski definition) is 3. The Labute approximate surface area is 136 Å². The molecule has 1 N–H and O–H groups in total. The summed E-state index contributed by atoms with van der Waals surface area (Å²) in [4.78, 5) is 14.5. The zero-order valence-corrected chi connectivity index (χ0v) is 15.0. The number of carbonyl (C=O) groups is 1. The first kappa shape index (κ1) is 17.6.